The van der Waals surface area contributed by atoms with Gasteiger partial charge in [0.1, 0.15) is 5.75 Å². The van der Waals surface area contributed by atoms with Crippen molar-refractivity contribution in [3.63, 3.8) is 0 Å². The molecule has 1 rings (SSSR count). The first-order valence-electron chi connectivity index (χ1n) is 6.64. The van der Waals surface area contributed by atoms with E-state index in [0.717, 1.165) is 24.3 Å². The summed E-state index contributed by atoms with van der Waals surface area (Å²) in [5, 5.41) is 0. The zero-order chi connectivity index (χ0) is 12.7. The third-order valence-electron chi connectivity index (χ3n) is 2.92. The molecule has 0 fully saturated rings. The summed E-state index contributed by atoms with van der Waals surface area (Å²) in [6.07, 6.45) is 4.92. The zero-order valence-electron chi connectivity index (χ0n) is 11.3. The highest BCUT2D eigenvalue weighted by atomic mass is 16.5. The summed E-state index contributed by atoms with van der Waals surface area (Å²) in [6, 6.07) is 6.27. The van der Waals surface area contributed by atoms with E-state index in [2.05, 4.69) is 32.0 Å². The van der Waals surface area contributed by atoms with E-state index in [-0.39, 0.29) is 6.04 Å². The molecule has 1 atom stereocenters. The third kappa shape index (κ3) is 4.78. The van der Waals surface area contributed by atoms with Gasteiger partial charge in [0.2, 0.25) is 0 Å². The molecule has 1 aromatic carbocycles. The van der Waals surface area contributed by atoms with Gasteiger partial charge in [-0.1, -0.05) is 38.3 Å². The van der Waals surface area contributed by atoms with Crippen LogP contribution in [0.1, 0.15) is 56.7 Å². The van der Waals surface area contributed by atoms with Crippen LogP contribution >= 0.6 is 0 Å². The van der Waals surface area contributed by atoms with Crippen LogP contribution in [0.15, 0.2) is 18.2 Å². The first kappa shape index (κ1) is 14.0. The fourth-order valence-electron chi connectivity index (χ4n) is 1.85. The molecule has 0 aromatic heterocycles. The van der Waals surface area contributed by atoms with Gasteiger partial charge >= 0.3 is 0 Å². The molecule has 1 aromatic rings. The van der Waals surface area contributed by atoms with Crippen molar-refractivity contribution < 1.29 is 4.74 Å². The van der Waals surface area contributed by atoms with E-state index in [1.807, 2.05) is 6.92 Å². The van der Waals surface area contributed by atoms with Gasteiger partial charge in [0, 0.05) is 11.6 Å². The minimum atomic E-state index is 0.0289. The van der Waals surface area contributed by atoms with Crippen LogP contribution in [0, 0.1) is 6.92 Å². The third-order valence-corrected chi connectivity index (χ3v) is 2.92. The van der Waals surface area contributed by atoms with Crippen LogP contribution in [-0.2, 0) is 0 Å². The highest BCUT2D eigenvalue weighted by Crippen LogP contribution is 2.25. The van der Waals surface area contributed by atoms with E-state index in [9.17, 15) is 0 Å². The second-order valence-electron chi connectivity index (χ2n) is 4.74. The Labute approximate surface area is 105 Å². The molecule has 2 nitrogen and oxygen atoms in total. The smallest absolute Gasteiger partial charge is 0.124 e. The Morgan fingerprint density at radius 2 is 2.00 bits per heavy atom. The minimum absolute atomic E-state index is 0.0289. The molecule has 96 valence electrons. The molecule has 17 heavy (non-hydrogen) atoms. The maximum absolute atomic E-state index is 5.94. The second kappa shape index (κ2) is 7.33. The number of rotatable bonds is 7. The fraction of sp³-hybridized carbons (Fsp3) is 0.600. The summed E-state index contributed by atoms with van der Waals surface area (Å²) >= 11 is 0. The SMILES string of the molecule is CCCCCCOc1cc(C)ccc1[C@H](C)N. The molecule has 0 spiro atoms. The van der Waals surface area contributed by atoms with E-state index in [4.69, 9.17) is 10.5 Å². The number of benzene rings is 1. The van der Waals surface area contributed by atoms with Crippen LogP contribution < -0.4 is 10.5 Å². The molecule has 0 aliphatic heterocycles. The van der Waals surface area contributed by atoms with Crippen LogP contribution in [0.25, 0.3) is 0 Å². The van der Waals surface area contributed by atoms with Gasteiger partial charge in [-0.25, -0.2) is 0 Å². The largest absolute Gasteiger partial charge is 0.493 e. The van der Waals surface area contributed by atoms with E-state index in [1.54, 1.807) is 0 Å². The number of hydrogen-bond donors (Lipinski definition) is 1. The van der Waals surface area contributed by atoms with Crippen molar-refractivity contribution in [2.24, 2.45) is 5.73 Å². The molecule has 0 radical (unpaired) electrons. The Morgan fingerprint density at radius 3 is 2.65 bits per heavy atom. The summed E-state index contributed by atoms with van der Waals surface area (Å²) in [6.45, 7) is 7.09. The number of hydrogen-bond acceptors (Lipinski definition) is 2. The van der Waals surface area contributed by atoms with Gasteiger partial charge < -0.3 is 10.5 Å². The average molecular weight is 235 g/mol. The maximum atomic E-state index is 5.94. The lowest BCUT2D eigenvalue weighted by Crippen LogP contribution is -2.09. The molecule has 2 N–H and O–H groups in total. The molecular weight excluding hydrogens is 210 g/mol. The molecule has 0 aliphatic rings. The fourth-order valence-corrected chi connectivity index (χ4v) is 1.85. The number of nitrogens with two attached hydrogens (primary N) is 1. The van der Waals surface area contributed by atoms with Gasteiger partial charge in [0.05, 0.1) is 6.61 Å². The summed E-state index contributed by atoms with van der Waals surface area (Å²) < 4.78 is 5.85. The summed E-state index contributed by atoms with van der Waals surface area (Å²) in [7, 11) is 0. The van der Waals surface area contributed by atoms with Crippen molar-refractivity contribution in [1.82, 2.24) is 0 Å². The molecule has 0 saturated carbocycles. The molecule has 0 bridgehead atoms. The minimum Gasteiger partial charge on any atom is -0.493 e. The van der Waals surface area contributed by atoms with Gasteiger partial charge in [0.25, 0.3) is 0 Å². The lowest BCUT2D eigenvalue weighted by molar-refractivity contribution is 0.300. The van der Waals surface area contributed by atoms with Crippen LogP contribution in [0.5, 0.6) is 5.75 Å². The normalized spacial score (nSPS) is 12.5. The van der Waals surface area contributed by atoms with Crippen molar-refractivity contribution in [3.05, 3.63) is 29.3 Å². The van der Waals surface area contributed by atoms with Gasteiger partial charge in [-0.2, -0.15) is 0 Å². The van der Waals surface area contributed by atoms with Crippen molar-refractivity contribution in [2.45, 2.75) is 52.5 Å². The van der Waals surface area contributed by atoms with Crippen LogP contribution in [-0.4, -0.2) is 6.61 Å². The lowest BCUT2D eigenvalue weighted by Gasteiger charge is -2.14. The van der Waals surface area contributed by atoms with Crippen LogP contribution in [0.4, 0.5) is 0 Å². The van der Waals surface area contributed by atoms with Crippen molar-refractivity contribution in [2.75, 3.05) is 6.61 Å². The monoisotopic (exact) mass is 235 g/mol. The summed E-state index contributed by atoms with van der Waals surface area (Å²) in [5.41, 5.74) is 8.26. The standard InChI is InChI=1S/C15H25NO/c1-4-5-6-7-10-17-15-11-12(2)8-9-14(15)13(3)16/h8-9,11,13H,4-7,10,16H2,1-3H3/t13-/m0/s1. The van der Waals surface area contributed by atoms with Gasteiger partial charge in [-0.3, -0.25) is 0 Å². The van der Waals surface area contributed by atoms with E-state index in [1.165, 1.54) is 24.8 Å². The highest BCUT2D eigenvalue weighted by Gasteiger charge is 2.07. The second-order valence-corrected chi connectivity index (χ2v) is 4.74. The van der Waals surface area contributed by atoms with Crippen molar-refractivity contribution in [3.8, 4) is 5.75 Å². The molecule has 0 saturated heterocycles. The summed E-state index contributed by atoms with van der Waals surface area (Å²) in [5.74, 6) is 0.955. The maximum Gasteiger partial charge on any atom is 0.124 e. The molecule has 2 heteroatoms. The van der Waals surface area contributed by atoms with Gasteiger partial charge in [-0.15, -0.1) is 0 Å². The number of unbranched alkanes of at least 4 members (excludes halogenated alkanes) is 3. The molecule has 0 heterocycles. The van der Waals surface area contributed by atoms with E-state index >= 15 is 0 Å². The lowest BCUT2D eigenvalue weighted by atomic mass is 10.1. The first-order chi connectivity index (χ1) is 8.15. The quantitative estimate of drug-likeness (QED) is 0.726. The van der Waals surface area contributed by atoms with Gasteiger partial charge in [-0.05, 0) is 31.9 Å². The average Bonchev–Trinajstić information content (AvgIpc) is 2.28. The first-order valence-corrected chi connectivity index (χ1v) is 6.64. The molecule has 0 unspecified atom stereocenters. The van der Waals surface area contributed by atoms with Crippen LogP contribution in [0.3, 0.4) is 0 Å². The van der Waals surface area contributed by atoms with Gasteiger partial charge in [0.15, 0.2) is 0 Å². The van der Waals surface area contributed by atoms with Crippen molar-refractivity contribution >= 4 is 0 Å². The van der Waals surface area contributed by atoms with E-state index < -0.39 is 0 Å². The number of aryl methyl sites for hydroxylation is 1. The predicted octanol–water partition coefficient (Wildman–Crippen LogP) is 3.97. The topological polar surface area (TPSA) is 35.2 Å². The molecule has 0 aliphatic carbocycles. The molecule has 0 amide bonds. The Morgan fingerprint density at radius 1 is 1.24 bits per heavy atom. The predicted molar refractivity (Wildman–Crippen MR) is 73.4 cm³/mol. The Bertz CT molecular complexity index is 334. The highest BCUT2D eigenvalue weighted by molar-refractivity contribution is 5.38. The Balaban J connectivity index is 2.53. The molecular formula is C15H25NO. The Kier molecular flexibility index (Phi) is 6.06. The van der Waals surface area contributed by atoms with E-state index in [0.29, 0.717) is 0 Å². The number of ether oxygens (including phenoxy) is 1. The summed E-state index contributed by atoms with van der Waals surface area (Å²) in [4.78, 5) is 0. The van der Waals surface area contributed by atoms with Crippen LogP contribution in [0.2, 0.25) is 0 Å². The zero-order valence-corrected chi connectivity index (χ0v) is 11.3. The van der Waals surface area contributed by atoms with Crippen molar-refractivity contribution in [1.29, 1.82) is 0 Å². The Hall–Kier alpha value is -1.02.